The van der Waals surface area contributed by atoms with Crippen LogP contribution in [0, 0.1) is 5.92 Å². The standard InChI is InChI=1S/C14H16ClN3OS/c1-7(2)18-13(19)8-3-4-9-10(5-8)20-14-11(9)12(15)16-6-17-14/h6-8H,3-5H2,1-2H3,(H,18,19). The molecule has 1 N–H and O–H groups in total. The van der Waals surface area contributed by atoms with Crippen LogP contribution in [0.25, 0.3) is 10.2 Å². The third kappa shape index (κ3) is 2.40. The summed E-state index contributed by atoms with van der Waals surface area (Å²) in [5.74, 6) is 0.213. The van der Waals surface area contributed by atoms with Crippen molar-refractivity contribution in [3.8, 4) is 0 Å². The quantitative estimate of drug-likeness (QED) is 0.868. The van der Waals surface area contributed by atoms with Gasteiger partial charge in [-0.05, 0) is 38.7 Å². The van der Waals surface area contributed by atoms with Crippen molar-refractivity contribution in [1.82, 2.24) is 15.3 Å². The molecule has 1 aliphatic carbocycles. The van der Waals surface area contributed by atoms with Crippen molar-refractivity contribution in [2.24, 2.45) is 5.92 Å². The maximum Gasteiger partial charge on any atom is 0.223 e. The zero-order valence-electron chi connectivity index (χ0n) is 11.4. The number of carbonyl (C=O) groups is 1. The molecule has 1 aliphatic rings. The summed E-state index contributed by atoms with van der Waals surface area (Å²) in [6, 6.07) is 0.187. The van der Waals surface area contributed by atoms with E-state index in [0.29, 0.717) is 5.15 Å². The first-order valence-electron chi connectivity index (χ1n) is 6.77. The van der Waals surface area contributed by atoms with Crippen LogP contribution in [0.1, 0.15) is 30.7 Å². The minimum atomic E-state index is 0.0599. The molecule has 0 aromatic carbocycles. The zero-order chi connectivity index (χ0) is 14.3. The predicted molar refractivity (Wildman–Crippen MR) is 81.2 cm³/mol. The summed E-state index contributed by atoms with van der Waals surface area (Å²) in [5, 5.41) is 4.51. The highest BCUT2D eigenvalue weighted by Gasteiger charge is 2.28. The lowest BCUT2D eigenvalue weighted by Gasteiger charge is -2.22. The number of thiophene rings is 1. The number of rotatable bonds is 2. The van der Waals surface area contributed by atoms with Gasteiger partial charge in [0.2, 0.25) is 5.91 Å². The Morgan fingerprint density at radius 1 is 1.50 bits per heavy atom. The number of hydrogen-bond donors (Lipinski definition) is 1. The van der Waals surface area contributed by atoms with Crippen LogP contribution in [0.4, 0.5) is 0 Å². The van der Waals surface area contributed by atoms with Crippen LogP contribution >= 0.6 is 22.9 Å². The van der Waals surface area contributed by atoms with Gasteiger partial charge < -0.3 is 5.32 Å². The zero-order valence-corrected chi connectivity index (χ0v) is 13.0. The first-order chi connectivity index (χ1) is 9.56. The van der Waals surface area contributed by atoms with Crippen molar-refractivity contribution in [1.29, 1.82) is 0 Å². The normalized spacial score (nSPS) is 18.3. The smallest absolute Gasteiger partial charge is 0.223 e. The topological polar surface area (TPSA) is 54.9 Å². The van der Waals surface area contributed by atoms with E-state index in [1.807, 2.05) is 13.8 Å². The lowest BCUT2D eigenvalue weighted by Crippen LogP contribution is -2.37. The molecule has 0 bridgehead atoms. The van der Waals surface area contributed by atoms with Gasteiger partial charge in [-0.15, -0.1) is 11.3 Å². The van der Waals surface area contributed by atoms with Crippen LogP contribution in [0.5, 0.6) is 0 Å². The monoisotopic (exact) mass is 309 g/mol. The lowest BCUT2D eigenvalue weighted by molar-refractivity contribution is -0.125. The Morgan fingerprint density at radius 2 is 2.30 bits per heavy atom. The maximum atomic E-state index is 12.1. The van der Waals surface area contributed by atoms with E-state index in [1.165, 1.54) is 16.8 Å². The molecule has 3 rings (SSSR count). The van der Waals surface area contributed by atoms with E-state index in [4.69, 9.17) is 11.6 Å². The summed E-state index contributed by atoms with van der Waals surface area (Å²) >= 11 is 7.82. The number of halogens is 1. The molecular formula is C14H16ClN3OS. The third-order valence-electron chi connectivity index (χ3n) is 3.60. The molecule has 0 saturated heterocycles. The number of nitrogens with zero attached hydrogens (tertiary/aromatic N) is 2. The summed E-state index contributed by atoms with van der Waals surface area (Å²) in [5.41, 5.74) is 1.24. The average molecular weight is 310 g/mol. The Balaban J connectivity index is 1.91. The number of nitrogens with one attached hydrogen (secondary N) is 1. The fourth-order valence-electron chi connectivity index (χ4n) is 2.70. The van der Waals surface area contributed by atoms with Crippen LogP contribution in [-0.2, 0) is 17.6 Å². The van der Waals surface area contributed by atoms with E-state index < -0.39 is 0 Å². The molecule has 1 atom stereocenters. The van der Waals surface area contributed by atoms with Crippen LogP contribution in [0.2, 0.25) is 5.15 Å². The molecule has 1 amide bonds. The number of aromatic nitrogens is 2. The Hall–Kier alpha value is -1.20. The molecule has 1 unspecified atom stereocenters. The van der Waals surface area contributed by atoms with Crippen molar-refractivity contribution in [3.63, 3.8) is 0 Å². The van der Waals surface area contributed by atoms with E-state index >= 15 is 0 Å². The molecule has 4 nitrogen and oxygen atoms in total. The molecule has 2 heterocycles. The fraction of sp³-hybridized carbons (Fsp3) is 0.500. The van der Waals surface area contributed by atoms with Crippen LogP contribution < -0.4 is 5.32 Å². The number of carbonyl (C=O) groups excluding carboxylic acids is 1. The first kappa shape index (κ1) is 13.8. The van der Waals surface area contributed by atoms with Crippen molar-refractivity contribution < 1.29 is 4.79 Å². The van der Waals surface area contributed by atoms with E-state index in [2.05, 4.69) is 15.3 Å². The molecule has 6 heteroatoms. The van der Waals surface area contributed by atoms with E-state index in [-0.39, 0.29) is 17.9 Å². The molecule has 0 spiro atoms. The van der Waals surface area contributed by atoms with E-state index in [1.54, 1.807) is 11.3 Å². The molecular weight excluding hydrogens is 294 g/mol. The van der Waals surface area contributed by atoms with Gasteiger partial charge in [0.05, 0.1) is 5.39 Å². The highest BCUT2D eigenvalue weighted by Crippen LogP contribution is 2.39. The van der Waals surface area contributed by atoms with Crippen LogP contribution in [0.15, 0.2) is 6.33 Å². The Bertz CT molecular complexity index is 668. The average Bonchev–Trinajstić information content (AvgIpc) is 2.76. The summed E-state index contributed by atoms with van der Waals surface area (Å²) in [7, 11) is 0. The van der Waals surface area contributed by atoms with Gasteiger partial charge in [0, 0.05) is 16.8 Å². The van der Waals surface area contributed by atoms with Crippen molar-refractivity contribution in [3.05, 3.63) is 21.9 Å². The van der Waals surface area contributed by atoms with Gasteiger partial charge in [-0.25, -0.2) is 9.97 Å². The van der Waals surface area contributed by atoms with E-state index in [0.717, 1.165) is 29.5 Å². The minimum Gasteiger partial charge on any atom is -0.354 e. The first-order valence-corrected chi connectivity index (χ1v) is 7.97. The van der Waals surface area contributed by atoms with Crippen molar-refractivity contribution in [2.75, 3.05) is 0 Å². The molecule has 2 aromatic heterocycles. The largest absolute Gasteiger partial charge is 0.354 e. The second-order valence-electron chi connectivity index (χ2n) is 5.45. The summed E-state index contributed by atoms with van der Waals surface area (Å²) in [4.78, 5) is 22.7. The summed E-state index contributed by atoms with van der Waals surface area (Å²) in [6.07, 6.45) is 4.02. The van der Waals surface area contributed by atoms with E-state index in [9.17, 15) is 4.79 Å². The van der Waals surface area contributed by atoms with Crippen molar-refractivity contribution in [2.45, 2.75) is 39.2 Å². The molecule has 20 heavy (non-hydrogen) atoms. The minimum absolute atomic E-state index is 0.0599. The molecule has 0 aliphatic heterocycles. The fourth-order valence-corrected chi connectivity index (χ4v) is 4.27. The Labute approximate surface area is 126 Å². The van der Waals surface area contributed by atoms with Gasteiger partial charge in [0.25, 0.3) is 0 Å². The number of amides is 1. The SMILES string of the molecule is CC(C)NC(=O)C1CCc2c(sc3ncnc(Cl)c23)C1. The van der Waals surface area contributed by atoms with Gasteiger partial charge in [-0.1, -0.05) is 11.6 Å². The predicted octanol–water partition coefficient (Wildman–Crippen LogP) is 2.97. The molecule has 0 saturated carbocycles. The highest BCUT2D eigenvalue weighted by atomic mass is 35.5. The molecule has 0 fully saturated rings. The third-order valence-corrected chi connectivity index (χ3v) is 5.05. The van der Waals surface area contributed by atoms with Crippen LogP contribution in [-0.4, -0.2) is 21.9 Å². The van der Waals surface area contributed by atoms with Gasteiger partial charge in [-0.3, -0.25) is 4.79 Å². The number of aryl methyl sites for hydroxylation is 1. The second-order valence-corrected chi connectivity index (χ2v) is 6.89. The molecule has 106 valence electrons. The summed E-state index contributed by atoms with van der Waals surface area (Å²) < 4.78 is 0. The molecule has 2 aromatic rings. The lowest BCUT2D eigenvalue weighted by atomic mass is 9.87. The van der Waals surface area contributed by atoms with Gasteiger partial charge in [-0.2, -0.15) is 0 Å². The van der Waals surface area contributed by atoms with Gasteiger partial charge in [0.15, 0.2) is 0 Å². The van der Waals surface area contributed by atoms with Gasteiger partial charge >= 0.3 is 0 Å². The maximum absolute atomic E-state index is 12.1. The number of fused-ring (bicyclic) bond motifs is 3. The molecule has 0 radical (unpaired) electrons. The summed E-state index contributed by atoms with van der Waals surface area (Å²) in [6.45, 7) is 3.97. The van der Waals surface area contributed by atoms with Crippen LogP contribution in [0.3, 0.4) is 0 Å². The Morgan fingerprint density at radius 3 is 3.05 bits per heavy atom. The second kappa shape index (κ2) is 5.30. The highest BCUT2D eigenvalue weighted by molar-refractivity contribution is 7.19. The number of hydrogen-bond acceptors (Lipinski definition) is 4. The van der Waals surface area contributed by atoms with Gasteiger partial charge in [0.1, 0.15) is 16.3 Å². The Kier molecular flexibility index (Phi) is 3.65. The van der Waals surface area contributed by atoms with Crippen molar-refractivity contribution >= 4 is 39.1 Å².